The molecule has 0 saturated carbocycles. The molecular weight excluding hydrogens is 271 g/mol. The molecule has 0 aliphatic heterocycles. The van der Waals surface area contributed by atoms with Crippen LogP contribution in [0.5, 0.6) is 0 Å². The number of hydrogen-bond acceptors (Lipinski definition) is 4. The second kappa shape index (κ2) is 7.31. The van der Waals surface area contributed by atoms with Crippen LogP contribution in [-0.2, 0) is 16.8 Å². The zero-order chi connectivity index (χ0) is 12.0. The topological polar surface area (TPSA) is 112 Å². The minimum atomic E-state index is -1.17. The summed E-state index contributed by atoms with van der Waals surface area (Å²) in [5, 5.41) is 19.8. The second-order valence-electron chi connectivity index (χ2n) is 2.74. The van der Waals surface area contributed by atoms with Gasteiger partial charge in [-0.25, -0.2) is 0 Å². The van der Waals surface area contributed by atoms with Gasteiger partial charge in [-0.2, -0.15) is 0 Å². The molecule has 0 aromatic carbocycles. The number of carbonyl (C=O) groups is 2. The molecule has 2 rings (SSSR count). The summed E-state index contributed by atoms with van der Waals surface area (Å²) in [4.78, 5) is 24.8. The van der Waals surface area contributed by atoms with Crippen molar-refractivity contribution >= 4 is 11.9 Å². The average molecular weight is 279 g/mol. The molecule has 0 amide bonds. The first-order chi connectivity index (χ1) is 7.61. The SMILES string of the molecule is O=C([O-])c1ccc[nH]1.O=C([O-])c1ccc[nH]1.[Co+2]. The summed E-state index contributed by atoms with van der Waals surface area (Å²) in [5.41, 5.74) is 0.231. The summed E-state index contributed by atoms with van der Waals surface area (Å²) in [6.07, 6.45) is 3.07. The third kappa shape index (κ3) is 5.04. The van der Waals surface area contributed by atoms with E-state index >= 15 is 0 Å². The summed E-state index contributed by atoms with van der Waals surface area (Å²) in [6, 6.07) is 6.08. The van der Waals surface area contributed by atoms with Crippen molar-refractivity contribution in [2.24, 2.45) is 0 Å². The fraction of sp³-hybridized carbons (Fsp3) is 0. The van der Waals surface area contributed by atoms with Crippen LogP contribution >= 0.6 is 0 Å². The molecule has 2 aromatic rings. The third-order valence-electron chi connectivity index (χ3n) is 1.64. The summed E-state index contributed by atoms with van der Waals surface area (Å²) in [7, 11) is 0. The number of nitrogens with one attached hydrogen (secondary N) is 2. The Labute approximate surface area is 107 Å². The van der Waals surface area contributed by atoms with Crippen LogP contribution in [0.3, 0.4) is 0 Å². The molecule has 6 nitrogen and oxygen atoms in total. The van der Waals surface area contributed by atoms with Gasteiger partial charge in [0.15, 0.2) is 0 Å². The second-order valence-corrected chi connectivity index (χ2v) is 2.74. The number of carbonyl (C=O) groups excluding carboxylic acids is 2. The zero-order valence-corrected chi connectivity index (χ0v) is 9.47. The van der Waals surface area contributed by atoms with Gasteiger partial charge in [0, 0.05) is 12.4 Å². The maximum Gasteiger partial charge on any atom is 2.00 e. The van der Waals surface area contributed by atoms with E-state index in [4.69, 9.17) is 0 Å². The maximum absolute atomic E-state index is 9.92. The molecule has 2 N–H and O–H groups in total. The van der Waals surface area contributed by atoms with Gasteiger partial charge in [-0.1, -0.05) is 0 Å². The van der Waals surface area contributed by atoms with E-state index in [1.807, 2.05) is 0 Å². The van der Waals surface area contributed by atoms with Crippen molar-refractivity contribution in [2.45, 2.75) is 0 Å². The van der Waals surface area contributed by atoms with Crippen molar-refractivity contribution in [1.29, 1.82) is 0 Å². The Bertz CT molecular complexity index is 406. The van der Waals surface area contributed by atoms with Crippen LogP contribution in [0.15, 0.2) is 36.7 Å². The van der Waals surface area contributed by atoms with Crippen LogP contribution in [0.2, 0.25) is 0 Å². The maximum atomic E-state index is 9.92. The monoisotopic (exact) mass is 279 g/mol. The molecule has 7 heteroatoms. The molecular formula is C10H8CoN2O4. The van der Waals surface area contributed by atoms with E-state index in [9.17, 15) is 19.8 Å². The van der Waals surface area contributed by atoms with Gasteiger partial charge in [0.1, 0.15) is 0 Å². The van der Waals surface area contributed by atoms with Gasteiger partial charge in [-0.15, -0.1) is 0 Å². The quantitative estimate of drug-likeness (QED) is 0.715. The molecule has 0 aliphatic rings. The van der Waals surface area contributed by atoms with E-state index in [1.165, 1.54) is 24.5 Å². The molecule has 2 heterocycles. The van der Waals surface area contributed by atoms with E-state index in [0.717, 1.165) is 0 Å². The molecule has 0 fully saturated rings. The van der Waals surface area contributed by atoms with Crippen molar-refractivity contribution < 1.29 is 36.6 Å². The number of hydrogen-bond donors (Lipinski definition) is 2. The Morgan fingerprint density at radius 3 is 1.35 bits per heavy atom. The van der Waals surface area contributed by atoms with Crippen molar-refractivity contribution in [3.63, 3.8) is 0 Å². The number of rotatable bonds is 2. The van der Waals surface area contributed by atoms with Crippen LogP contribution < -0.4 is 10.2 Å². The van der Waals surface area contributed by atoms with E-state index < -0.39 is 11.9 Å². The molecule has 0 bridgehead atoms. The molecule has 91 valence electrons. The molecule has 0 atom stereocenters. The standard InChI is InChI=1S/2C5H5NO2.Co/c2*7-5(8)4-2-1-3-6-4;/h2*1-3,6H,(H,7,8);/q;;+2/p-2. The number of carboxylic acids is 2. The summed E-state index contributed by atoms with van der Waals surface area (Å²) in [6.45, 7) is 0. The third-order valence-corrected chi connectivity index (χ3v) is 1.64. The first kappa shape index (κ1) is 15.0. The number of aromatic carboxylic acids is 2. The zero-order valence-electron chi connectivity index (χ0n) is 8.43. The predicted octanol–water partition coefficient (Wildman–Crippen LogP) is -1.25. The Kier molecular flexibility index (Phi) is 6.45. The van der Waals surface area contributed by atoms with E-state index in [0.29, 0.717) is 0 Å². The predicted molar refractivity (Wildman–Crippen MR) is 50.2 cm³/mol. The van der Waals surface area contributed by atoms with Crippen molar-refractivity contribution in [2.75, 3.05) is 0 Å². The molecule has 0 spiro atoms. The van der Waals surface area contributed by atoms with Gasteiger partial charge in [0.25, 0.3) is 0 Å². The Hall–Kier alpha value is -1.99. The van der Waals surface area contributed by atoms with Crippen molar-refractivity contribution in [3.05, 3.63) is 48.0 Å². The van der Waals surface area contributed by atoms with E-state index in [-0.39, 0.29) is 28.2 Å². The first-order valence-electron chi connectivity index (χ1n) is 4.30. The van der Waals surface area contributed by atoms with Gasteiger partial charge in [-0.05, 0) is 24.3 Å². The normalized spacial score (nSPS) is 8.47. The first-order valence-corrected chi connectivity index (χ1v) is 4.30. The molecule has 17 heavy (non-hydrogen) atoms. The minimum absolute atomic E-state index is 0. The fourth-order valence-corrected chi connectivity index (χ4v) is 0.915. The number of carboxylic acid groups (broad SMARTS) is 2. The van der Waals surface area contributed by atoms with Crippen LogP contribution in [0, 0.1) is 0 Å². The fourth-order valence-electron chi connectivity index (χ4n) is 0.915. The van der Waals surface area contributed by atoms with E-state index in [2.05, 4.69) is 9.97 Å². The molecule has 1 radical (unpaired) electrons. The van der Waals surface area contributed by atoms with Crippen LogP contribution in [-0.4, -0.2) is 21.9 Å². The summed E-state index contributed by atoms with van der Waals surface area (Å²) >= 11 is 0. The van der Waals surface area contributed by atoms with Gasteiger partial charge in [0.2, 0.25) is 0 Å². The Morgan fingerprint density at radius 1 is 0.882 bits per heavy atom. The average Bonchev–Trinajstić information content (AvgIpc) is 2.93. The van der Waals surface area contributed by atoms with Crippen LogP contribution in [0.1, 0.15) is 21.0 Å². The number of aromatic amines is 2. The molecule has 0 aliphatic carbocycles. The van der Waals surface area contributed by atoms with Crippen LogP contribution in [0.4, 0.5) is 0 Å². The Balaban J connectivity index is 0.000000284. The minimum Gasteiger partial charge on any atom is -0.543 e. The number of H-pyrrole nitrogens is 2. The van der Waals surface area contributed by atoms with Gasteiger partial charge >= 0.3 is 16.8 Å². The summed E-state index contributed by atoms with van der Waals surface area (Å²) < 4.78 is 0. The molecule has 2 aromatic heterocycles. The largest absolute Gasteiger partial charge is 2.00 e. The molecule has 0 unspecified atom stereocenters. The summed E-state index contributed by atoms with van der Waals surface area (Å²) in [5.74, 6) is -2.34. The van der Waals surface area contributed by atoms with Gasteiger partial charge in [-0.3, -0.25) is 0 Å². The van der Waals surface area contributed by atoms with Crippen LogP contribution in [0.25, 0.3) is 0 Å². The molecule has 0 saturated heterocycles. The Morgan fingerprint density at radius 2 is 1.24 bits per heavy atom. The smallest absolute Gasteiger partial charge is 0.543 e. The number of aromatic nitrogens is 2. The van der Waals surface area contributed by atoms with Crippen molar-refractivity contribution in [3.8, 4) is 0 Å². The van der Waals surface area contributed by atoms with Gasteiger partial charge in [0.05, 0.1) is 23.3 Å². The van der Waals surface area contributed by atoms with Gasteiger partial charge < -0.3 is 29.8 Å². The van der Waals surface area contributed by atoms with E-state index in [1.54, 1.807) is 12.1 Å². The van der Waals surface area contributed by atoms with Crippen molar-refractivity contribution in [1.82, 2.24) is 9.97 Å².